The fourth-order valence-electron chi connectivity index (χ4n) is 3.06. The van der Waals surface area contributed by atoms with Crippen LogP contribution in [0.15, 0.2) is 42.6 Å². The number of aromatic hydroxyl groups is 1. The molecule has 0 spiro atoms. The molecule has 1 fully saturated rings. The van der Waals surface area contributed by atoms with E-state index in [2.05, 4.69) is 15.2 Å². The van der Waals surface area contributed by atoms with Crippen LogP contribution in [0.25, 0.3) is 0 Å². The highest BCUT2D eigenvalue weighted by atomic mass is 16.3. The number of hydrogen-bond donors (Lipinski definition) is 3. The summed E-state index contributed by atoms with van der Waals surface area (Å²) in [6.07, 6.45) is 2.59. The van der Waals surface area contributed by atoms with Gasteiger partial charge in [-0.2, -0.15) is 0 Å². The lowest BCUT2D eigenvalue weighted by molar-refractivity contribution is 0.0947. The number of anilines is 1. The number of benzene rings is 1. The summed E-state index contributed by atoms with van der Waals surface area (Å²) in [5, 5.41) is 12.5. The van der Waals surface area contributed by atoms with Crippen molar-refractivity contribution in [3.8, 4) is 5.75 Å². The van der Waals surface area contributed by atoms with E-state index in [4.69, 9.17) is 5.73 Å². The SMILES string of the molecule is Nc1cc(C(=O)NC[C@@H]2CCN(Cc3cccc(O)c3)C2)ccn1. The maximum absolute atomic E-state index is 12.1. The molecule has 1 aromatic heterocycles. The number of rotatable bonds is 5. The molecule has 1 atom stereocenters. The minimum absolute atomic E-state index is 0.115. The molecule has 1 aliphatic heterocycles. The Morgan fingerprint density at radius 1 is 1.38 bits per heavy atom. The molecule has 1 aromatic carbocycles. The Morgan fingerprint density at radius 3 is 3.04 bits per heavy atom. The molecule has 0 unspecified atom stereocenters. The minimum Gasteiger partial charge on any atom is -0.508 e. The minimum atomic E-state index is -0.115. The van der Waals surface area contributed by atoms with E-state index < -0.39 is 0 Å². The molecular formula is C18H22N4O2. The number of phenolic OH excluding ortho intramolecular Hbond substituents is 1. The zero-order chi connectivity index (χ0) is 16.9. The predicted octanol–water partition coefficient (Wildman–Crippen LogP) is 1.62. The number of nitrogen functional groups attached to an aromatic ring is 1. The van der Waals surface area contributed by atoms with E-state index in [1.165, 1.54) is 6.20 Å². The van der Waals surface area contributed by atoms with Crippen molar-refractivity contribution in [2.45, 2.75) is 13.0 Å². The highest BCUT2D eigenvalue weighted by molar-refractivity contribution is 5.94. The van der Waals surface area contributed by atoms with Gasteiger partial charge in [-0.05, 0) is 48.7 Å². The predicted molar refractivity (Wildman–Crippen MR) is 92.5 cm³/mol. The summed E-state index contributed by atoms with van der Waals surface area (Å²) >= 11 is 0. The summed E-state index contributed by atoms with van der Waals surface area (Å²) in [7, 11) is 0. The molecular weight excluding hydrogens is 304 g/mol. The van der Waals surface area contributed by atoms with Crippen LogP contribution in [0.3, 0.4) is 0 Å². The molecule has 0 aliphatic carbocycles. The third-order valence-electron chi connectivity index (χ3n) is 4.28. The number of amides is 1. The Hall–Kier alpha value is -2.60. The van der Waals surface area contributed by atoms with Gasteiger partial charge in [0.05, 0.1) is 0 Å². The third kappa shape index (κ3) is 4.23. The Labute approximate surface area is 141 Å². The Balaban J connectivity index is 1.47. The van der Waals surface area contributed by atoms with Crippen LogP contribution in [0, 0.1) is 5.92 Å². The fourth-order valence-corrected chi connectivity index (χ4v) is 3.06. The molecule has 126 valence electrons. The van der Waals surface area contributed by atoms with Gasteiger partial charge < -0.3 is 16.2 Å². The molecule has 2 heterocycles. The van der Waals surface area contributed by atoms with Crippen molar-refractivity contribution in [3.63, 3.8) is 0 Å². The van der Waals surface area contributed by atoms with Gasteiger partial charge in [0.25, 0.3) is 5.91 Å². The standard InChI is InChI=1S/C18H22N4O2/c19-17-9-15(4-6-20-17)18(24)21-10-14-5-7-22(12-14)11-13-2-1-3-16(23)8-13/h1-4,6,8-9,14,23H,5,7,10-12H2,(H2,19,20)(H,21,24)/t14-/m0/s1. The lowest BCUT2D eigenvalue weighted by Crippen LogP contribution is -2.31. The fraction of sp³-hybridized carbons (Fsp3) is 0.333. The maximum Gasteiger partial charge on any atom is 0.251 e. The van der Waals surface area contributed by atoms with Gasteiger partial charge in [0.1, 0.15) is 11.6 Å². The zero-order valence-electron chi connectivity index (χ0n) is 13.5. The van der Waals surface area contributed by atoms with Gasteiger partial charge in [-0.1, -0.05) is 12.1 Å². The number of likely N-dealkylation sites (tertiary alicyclic amines) is 1. The number of carbonyl (C=O) groups is 1. The normalized spacial score (nSPS) is 17.8. The summed E-state index contributed by atoms with van der Waals surface area (Å²) in [5.41, 5.74) is 7.24. The van der Waals surface area contributed by atoms with Gasteiger partial charge in [-0.15, -0.1) is 0 Å². The van der Waals surface area contributed by atoms with Crippen LogP contribution >= 0.6 is 0 Å². The average molecular weight is 326 g/mol. The van der Waals surface area contributed by atoms with Gasteiger partial charge in [0, 0.05) is 31.4 Å². The number of pyridine rings is 1. The number of nitrogens with one attached hydrogen (secondary N) is 1. The smallest absolute Gasteiger partial charge is 0.251 e. The van der Waals surface area contributed by atoms with Gasteiger partial charge in [0.15, 0.2) is 0 Å². The molecule has 1 saturated heterocycles. The second-order valence-electron chi connectivity index (χ2n) is 6.24. The lowest BCUT2D eigenvalue weighted by Gasteiger charge is -2.16. The summed E-state index contributed by atoms with van der Waals surface area (Å²) in [5.74, 6) is 0.967. The van der Waals surface area contributed by atoms with Gasteiger partial charge in [-0.3, -0.25) is 9.69 Å². The lowest BCUT2D eigenvalue weighted by atomic mass is 10.1. The first-order valence-corrected chi connectivity index (χ1v) is 8.10. The highest BCUT2D eigenvalue weighted by Gasteiger charge is 2.23. The molecule has 4 N–H and O–H groups in total. The first kappa shape index (κ1) is 16.3. The van der Waals surface area contributed by atoms with Crippen LogP contribution in [0.2, 0.25) is 0 Å². The molecule has 1 aliphatic rings. The van der Waals surface area contributed by atoms with E-state index in [0.29, 0.717) is 29.6 Å². The summed E-state index contributed by atoms with van der Waals surface area (Å²) in [4.78, 5) is 18.4. The van der Waals surface area contributed by atoms with Crippen LogP contribution in [0.1, 0.15) is 22.3 Å². The first-order valence-electron chi connectivity index (χ1n) is 8.10. The first-order chi connectivity index (χ1) is 11.6. The Kier molecular flexibility index (Phi) is 4.96. The van der Waals surface area contributed by atoms with Crippen molar-refractivity contribution in [3.05, 3.63) is 53.7 Å². The van der Waals surface area contributed by atoms with Gasteiger partial charge in [-0.25, -0.2) is 4.98 Å². The monoisotopic (exact) mass is 326 g/mol. The molecule has 0 radical (unpaired) electrons. The van der Waals surface area contributed by atoms with Crippen LogP contribution in [-0.2, 0) is 6.54 Å². The average Bonchev–Trinajstić information content (AvgIpc) is 3.00. The number of hydrogen-bond acceptors (Lipinski definition) is 5. The Morgan fingerprint density at radius 2 is 2.25 bits per heavy atom. The molecule has 6 nitrogen and oxygen atoms in total. The van der Waals surface area contributed by atoms with E-state index in [0.717, 1.165) is 31.6 Å². The van der Waals surface area contributed by atoms with E-state index in [1.54, 1.807) is 24.3 Å². The highest BCUT2D eigenvalue weighted by Crippen LogP contribution is 2.20. The number of aromatic nitrogens is 1. The third-order valence-corrected chi connectivity index (χ3v) is 4.28. The van der Waals surface area contributed by atoms with E-state index >= 15 is 0 Å². The molecule has 0 saturated carbocycles. The van der Waals surface area contributed by atoms with Gasteiger partial charge >= 0.3 is 0 Å². The Bertz CT molecular complexity index is 720. The van der Waals surface area contributed by atoms with E-state index in [9.17, 15) is 9.90 Å². The van der Waals surface area contributed by atoms with Crippen molar-refractivity contribution in [2.75, 3.05) is 25.4 Å². The van der Waals surface area contributed by atoms with Crippen molar-refractivity contribution < 1.29 is 9.90 Å². The maximum atomic E-state index is 12.1. The molecule has 1 amide bonds. The van der Waals surface area contributed by atoms with Crippen LogP contribution < -0.4 is 11.1 Å². The number of nitrogens with two attached hydrogens (primary N) is 1. The van der Waals surface area contributed by atoms with Crippen LogP contribution in [0.5, 0.6) is 5.75 Å². The van der Waals surface area contributed by atoms with Crippen LogP contribution in [0.4, 0.5) is 5.82 Å². The number of carbonyl (C=O) groups excluding carboxylic acids is 1. The van der Waals surface area contributed by atoms with Gasteiger partial charge in [0.2, 0.25) is 0 Å². The van der Waals surface area contributed by atoms with E-state index in [-0.39, 0.29) is 5.91 Å². The molecule has 2 aromatic rings. The van der Waals surface area contributed by atoms with Crippen LogP contribution in [-0.4, -0.2) is 40.5 Å². The zero-order valence-corrected chi connectivity index (χ0v) is 13.5. The van der Waals surface area contributed by atoms with Crippen molar-refractivity contribution in [1.29, 1.82) is 0 Å². The summed E-state index contributed by atoms with van der Waals surface area (Å²) in [6.45, 7) is 3.41. The second kappa shape index (κ2) is 7.31. The van der Waals surface area contributed by atoms with Crippen molar-refractivity contribution >= 4 is 11.7 Å². The summed E-state index contributed by atoms with van der Waals surface area (Å²) in [6, 6.07) is 10.6. The van der Waals surface area contributed by atoms with E-state index in [1.807, 2.05) is 12.1 Å². The largest absolute Gasteiger partial charge is 0.508 e. The molecule has 24 heavy (non-hydrogen) atoms. The quantitative estimate of drug-likeness (QED) is 0.776. The number of nitrogens with zero attached hydrogens (tertiary/aromatic N) is 2. The summed E-state index contributed by atoms with van der Waals surface area (Å²) < 4.78 is 0. The number of phenols is 1. The molecule has 0 bridgehead atoms. The second-order valence-corrected chi connectivity index (χ2v) is 6.24. The van der Waals surface area contributed by atoms with Crippen molar-refractivity contribution in [1.82, 2.24) is 15.2 Å². The topological polar surface area (TPSA) is 91.5 Å². The van der Waals surface area contributed by atoms with Crippen molar-refractivity contribution in [2.24, 2.45) is 5.92 Å². The molecule has 6 heteroatoms. The molecule has 3 rings (SSSR count).